The lowest BCUT2D eigenvalue weighted by molar-refractivity contribution is -0.243. The molecule has 0 unspecified atom stereocenters. The normalized spacial score (nSPS) is 28.2. The summed E-state index contributed by atoms with van der Waals surface area (Å²) in [7, 11) is 0. The number of likely N-dealkylation sites (tertiary alicyclic amines) is 1. The molecule has 36 heavy (non-hydrogen) atoms. The van der Waals surface area contributed by atoms with Crippen molar-refractivity contribution in [3.8, 4) is 0 Å². The summed E-state index contributed by atoms with van der Waals surface area (Å²) in [5.74, 6) is -0.748. The van der Waals surface area contributed by atoms with Gasteiger partial charge in [-0.1, -0.05) is 50.3 Å². The van der Waals surface area contributed by atoms with Gasteiger partial charge in [-0.15, -0.1) is 0 Å². The van der Waals surface area contributed by atoms with Gasteiger partial charge in [0.2, 0.25) is 0 Å². The van der Waals surface area contributed by atoms with Crippen molar-refractivity contribution < 1.29 is 28.5 Å². The van der Waals surface area contributed by atoms with Gasteiger partial charge in [0.1, 0.15) is 24.4 Å². The molecule has 0 saturated carbocycles. The number of fused-ring (bicyclic) bond motifs is 1. The third kappa shape index (κ3) is 7.42. The van der Waals surface area contributed by atoms with Gasteiger partial charge in [0.15, 0.2) is 12.1 Å². The molecule has 1 aromatic rings. The second kappa shape index (κ2) is 12.7. The van der Waals surface area contributed by atoms with E-state index in [2.05, 4.69) is 17.1 Å². The fraction of sp³-hybridized carbons (Fsp3) is 0.750. The predicted molar refractivity (Wildman–Crippen MR) is 138 cm³/mol. The molecule has 3 aliphatic rings. The molecule has 3 aliphatic heterocycles. The van der Waals surface area contributed by atoms with E-state index in [0.29, 0.717) is 18.8 Å². The van der Waals surface area contributed by atoms with Crippen LogP contribution in [0.1, 0.15) is 71.3 Å². The summed E-state index contributed by atoms with van der Waals surface area (Å²) >= 11 is 0. The molecule has 5 atom stereocenters. The Bertz CT molecular complexity index is 826. The van der Waals surface area contributed by atoms with E-state index in [4.69, 9.17) is 23.7 Å². The van der Waals surface area contributed by atoms with Gasteiger partial charge in [0.25, 0.3) is 0 Å². The molecule has 8 heteroatoms. The van der Waals surface area contributed by atoms with E-state index < -0.39 is 30.4 Å². The second-order valence-corrected chi connectivity index (χ2v) is 10.8. The number of nitrogens with zero attached hydrogens (tertiary/aromatic N) is 1. The zero-order chi connectivity index (χ0) is 25.5. The largest absolute Gasteiger partial charge is 0.442 e. The van der Waals surface area contributed by atoms with Crippen molar-refractivity contribution in [3.05, 3.63) is 29.8 Å². The fourth-order valence-corrected chi connectivity index (χ4v) is 5.28. The van der Waals surface area contributed by atoms with Gasteiger partial charge in [-0.3, -0.25) is 10.2 Å². The Kier molecular flexibility index (Phi) is 9.64. The maximum Gasteiger partial charge on any atom is 0.412 e. The van der Waals surface area contributed by atoms with Crippen LogP contribution in [0.4, 0.5) is 10.5 Å². The van der Waals surface area contributed by atoms with Gasteiger partial charge in [-0.25, -0.2) is 4.79 Å². The molecule has 202 valence electrons. The first-order valence-electron chi connectivity index (χ1n) is 13.7. The minimum Gasteiger partial charge on any atom is -0.442 e. The Morgan fingerprint density at radius 3 is 2.50 bits per heavy atom. The van der Waals surface area contributed by atoms with E-state index >= 15 is 0 Å². The molecule has 1 aromatic carbocycles. The van der Waals surface area contributed by atoms with Crippen molar-refractivity contribution in [2.24, 2.45) is 0 Å². The van der Waals surface area contributed by atoms with Crippen molar-refractivity contribution in [3.63, 3.8) is 0 Å². The highest BCUT2D eigenvalue weighted by atomic mass is 16.8. The minimum absolute atomic E-state index is 0.356. The average Bonchev–Trinajstić information content (AvgIpc) is 3.53. The fourth-order valence-electron chi connectivity index (χ4n) is 5.28. The zero-order valence-corrected chi connectivity index (χ0v) is 22.4. The molecule has 0 aromatic heterocycles. The summed E-state index contributed by atoms with van der Waals surface area (Å²) in [5.41, 5.74) is 1.82. The maximum absolute atomic E-state index is 12.9. The standard InChI is InChI=1S/C28H44N2O6/c1-5-6-7-8-11-18-32-26-25-24(35-28(3,4)36-25)23(34-26)22(19-30-16-9-10-17-30)33-27(31)29-21-14-12-20(2)13-15-21/h12-15,22-26H,5-11,16-19H2,1-4H3,(H,29,31)/t22-,23-,24+,25+,26+/m1/s1. The monoisotopic (exact) mass is 504 g/mol. The first kappa shape index (κ1) is 27.3. The number of rotatable bonds is 12. The average molecular weight is 505 g/mol. The van der Waals surface area contributed by atoms with Crippen molar-refractivity contribution >= 4 is 11.8 Å². The third-order valence-corrected chi connectivity index (χ3v) is 7.14. The molecule has 8 nitrogen and oxygen atoms in total. The minimum atomic E-state index is -0.748. The van der Waals surface area contributed by atoms with Crippen LogP contribution in [0.2, 0.25) is 0 Å². The van der Waals surface area contributed by atoms with E-state index in [1.54, 1.807) is 0 Å². The summed E-state index contributed by atoms with van der Waals surface area (Å²) < 4.78 is 31.0. The quantitative estimate of drug-likeness (QED) is 0.390. The Morgan fingerprint density at radius 2 is 1.78 bits per heavy atom. The molecule has 1 amide bonds. The molecule has 0 bridgehead atoms. The molecule has 0 radical (unpaired) electrons. The van der Waals surface area contributed by atoms with Gasteiger partial charge in [0, 0.05) is 18.8 Å². The van der Waals surface area contributed by atoms with Crippen LogP contribution in [0.3, 0.4) is 0 Å². The number of carbonyl (C=O) groups is 1. The highest BCUT2D eigenvalue weighted by molar-refractivity contribution is 5.84. The lowest BCUT2D eigenvalue weighted by Crippen LogP contribution is -2.47. The van der Waals surface area contributed by atoms with E-state index in [1.807, 2.05) is 45.0 Å². The van der Waals surface area contributed by atoms with Gasteiger partial charge in [0.05, 0.1) is 0 Å². The highest BCUT2D eigenvalue weighted by Crippen LogP contribution is 2.41. The number of carbonyl (C=O) groups excluding carboxylic acids is 1. The molecule has 3 saturated heterocycles. The van der Waals surface area contributed by atoms with Gasteiger partial charge in [-0.05, 0) is 65.3 Å². The first-order chi connectivity index (χ1) is 17.3. The van der Waals surface area contributed by atoms with Gasteiger partial charge in [-0.2, -0.15) is 0 Å². The van der Waals surface area contributed by atoms with Crippen LogP contribution >= 0.6 is 0 Å². The molecule has 4 rings (SSSR count). The number of hydrogen-bond acceptors (Lipinski definition) is 7. The summed E-state index contributed by atoms with van der Waals surface area (Å²) in [5, 5.41) is 2.86. The molecule has 1 N–H and O–H groups in total. The molecule has 3 fully saturated rings. The summed E-state index contributed by atoms with van der Waals surface area (Å²) in [6.07, 6.45) is 5.34. The first-order valence-corrected chi connectivity index (χ1v) is 13.7. The number of aryl methyl sites for hydroxylation is 1. The number of amides is 1. The van der Waals surface area contributed by atoms with Crippen LogP contribution in [0.5, 0.6) is 0 Å². The topological polar surface area (TPSA) is 78.5 Å². The maximum atomic E-state index is 12.9. The number of ether oxygens (including phenoxy) is 5. The smallest absolute Gasteiger partial charge is 0.412 e. The lowest BCUT2D eigenvalue weighted by atomic mass is 10.1. The molecule has 0 spiro atoms. The van der Waals surface area contributed by atoms with Crippen LogP contribution in [0.15, 0.2) is 24.3 Å². The van der Waals surface area contributed by atoms with Crippen molar-refractivity contribution in [1.82, 2.24) is 4.90 Å². The Balaban J connectivity index is 1.42. The Labute approximate surface area is 215 Å². The number of nitrogens with one attached hydrogen (secondary N) is 1. The summed E-state index contributed by atoms with van der Waals surface area (Å²) in [6.45, 7) is 11.2. The molecular weight excluding hydrogens is 460 g/mol. The van der Waals surface area contributed by atoms with Gasteiger partial charge >= 0.3 is 6.09 Å². The van der Waals surface area contributed by atoms with Crippen LogP contribution in [0.25, 0.3) is 0 Å². The van der Waals surface area contributed by atoms with E-state index in [-0.39, 0.29) is 12.2 Å². The third-order valence-electron chi connectivity index (χ3n) is 7.14. The summed E-state index contributed by atoms with van der Waals surface area (Å²) in [4.78, 5) is 15.3. The van der Waals surface area contributed by atoms with Crippen molar-refractivity contribution in [2.45, 2.75) is 109 Å². The van der Waals surface area contributed by atoms with Crippen LogP contribution in [-0.2, 0) is 23.7 Å². The van der Waals surface area contributed by atoms with E-state index in [1.165, 1.54) is 19.3 Å². The molecule has 0 aliphatic carbocycles. The van der Waals surface area contributed by atoms with Crippen molar-refractivity contribution in [1.29, 1.82) is 0 Å². The lowest BCUT2D eigenvalue weighted by Gasteiger charge is -2.31. The van der Waals surface area contributed by atoms with Crippen molar-refractivity contribution in [2.75, 3.05) is 31.6 Å². The highest BCUT2D eigenvalue weighted by Gasteiger charge is 2.58. The molecular formula is C28H44N2O6. The van der Waals surface area contributed by atoms with Crippen LogP contribution in [-0.4, -0.2) is 73.7 Å². The SMILES string of the molecule is CCCCCCCO[C@H]1O[C@H]([C@@H](CN2CCCC2)OC(=O)Nc2ccc(C)cc2)[C@@H]2OC(C)(C)O[C@H]12. The van der Waals surface area contributed by atoms with E-state index in [0.717, 1.165) is 44.3 Å². The number of unbranched alkanes of at least 4 members (excludes halogenated alkanes) is 4. The Morgan fingerprint density at radius 1 is 1.08 bits per heavy atom. The number of anilines is 1. The number of hydrogen-bond donors (Lipinski definition) is 1. The number of benzene rings is 1. The van der Waals surface area contributed by atoms with Crippen LogP contribution < -0.4 is 5.32 Å². The van der Waals surface area contributed by atoms with Crippen LogP contribution in [0, 0.1) is 6.92 Å². The Hall–Kier alpha value is -1.71. The predicted octanol–water partition coefficient (Wildman–Crippen LogP) is 5.24. The van der Waals surface area contributed by atoms with E-state index in [9.17, 15) is 4.79 Å². The second-order valence-electron chi connectivity index (χ2n) is 10.8. The zero-order valence-electron chi connectivity index (χ0n) is 22.4. The summed E-state index contributed by atoms with van der Waals surface area (Å²) in [6, 6.07) is 7.65. The molecule has 3 heterocycles. The van der Waals surface area contributed by atoms with Gasteiger partial charge < -0.3 is 23.7 Å².